The first-order chi connectivity index (χ1) is 10.9. The van der Waals surface area contributed by atoms with Crippen LogP contribution in [0.3, 0.4) is 0 Å². The topological polar surface area (TPSA) is 52.7 Å². The molecule has 0 spiro atoms. The highest BCUT2D eigenvalue weighted by Crippen LogP contribution is 2.35. The maximum Gasteiger partial charge on any atom is 0.246 e. The van der Waals surface area contributed by atoms with Gasteiger partial charge >= 0.3 is 0 Å². The van der Waals surface area contributed by atoms with Gasteiger partial charge in [-0.1, -0.05) is 29.3 Å². The largest absolute Gasteiger partial charge is 0.314 e. The molecule has 23 heavy (non-hydrogen) atoms. The summed E-state index contributed by atoms with van der Waals surface area (Å²) in [7, 11) is -3.67. The Kier molecular flexibility index (Phi) is 5.21. The molecule has 0 aromatic heterocycles. The van der Waals surface area contributed by atoms with E-state index >= 15 is 0 Å². The molecular weight excluding hydrogens is 357 g/mol. The van der Waals surface area contributed by atoms with E-state index in [-0.39, 0.29) is 21.0 Å². The summed E-state index contributed by atoms with van der Waals surface area (Å²) in [6, 6.07) is 3.60. The van der Waals surface area contributed by atoms with E-state index in [4.69, 9.17) is 23.2 Å². The smallest absolute Gasteiger partial charge is 0.246 e. The molecule has 2 fully saturated rings. The summed E-state index contributed by atoms with van der Waals surface area (Å²) >= 11 is 12.4. The van der Waals surface area contributed by atoms with Crippen LogP contribution in [-0.4, -0.2) is 62.9 Å². The third-order valence-electron chi connectivity index (χ3n) is 4.63. The van der Waals surface area contributed by atoms with Gasteiger partial charge in [0, 0.05) is 45.3 Å². The van der Waals surface area contributed by atoms with Crippen LogP contribution >= 0.6 is 23.2 Å². The van der Waals surface area contributed by atoms with Crippen molar-refractivity contribution in [1.82, 2.24) is 14.5 Å². The lowest BCUT2D eigenvalue weighted by atomic mass is 10.2. The Bertz CT molecular complexity index is 690. The van der Waals surface area contributed by atoms with Gasteiger partial charge in [-0.25, -0.2) is 8.42 Å². The zero-order valence-electron chi connectivity index (χ0n) is 13.1. The van der Waals surface area contributed by atoms with E-state index in [1.807, 2.05) is 0 Å². The molecule has 0 amide bonds. The Morgan fingerprint density at radius 3 is 2.57 bits per heavy atom. The summed E-state index contributed by atoms with van der Waals surface area (Å²) in [5, 5.41) is 3.73. The molecule has 2 aliphatic rings. The molecule has 3 rings (SSSR count). The van der Waals surface area contributed by atoms with E-state index in [0.29, 0.717) is 18.7 Å². The van der Waals surface area contributed by atoms with Gasteiger partial charge in [-0.05, 0) is 25.0 Å². The van der Waals surface area contributed by atoms with Crippen LogP contribution in [0.25, 0.3) is 0 Å². The van der Waals surface area contributed by atoms with Crippen LogP contribution in [0.2, 0.25) is 10.0 Å². The molecule has 1 aromatic carbocycles. The Balaban J connectivity index is 1.83. The Labute approximate surface area is 147 Å². The van der Waals surface area contributed by atoms with Crippen LogP contribution in [0.1, 0.15) is 12.0 Å². The van der Waals surface area contributed by atoms with Gasteiger partial charge in [-0.2, -0.15) is 4.31 Å². The highest BCUT2D eigenvalue weighted by Gasteiger charge is 2.37. The minimum absolute atomic E-state index is 0.0433. The normalized spacial score (nSPS) is 24.2. The van der Waals surface area contributed by atoms with E-state index in [1.54, 1.807) is 19.1 Å². The van der Waals surface area contributed by atoms with Gasteiger partial charge in [0.25, 0.3) is 0 Å². The first kappa shape index (κ1) is 17.5. The molecule has 0 aliphatic carbocycles. The Morgan fingerprint density at radius 1 is 1.17 bits per heavy atom. The third-order valence-corrected chi connectivity index (χ3v) is 7.61. The van der Waals surface area contributed by atoms with Gasteiger partial charge in [0.1, 0.15) is 4.90 Å². The minimum Gasteiger partial charge on any atom is -0.314 e. The molecule has 0 saturated carbocycles. The van der Waals surface area contributed by atoms with Gasteiger partial charge < -0.3 is 5.32 Å². The SMILES string of the molecule is Cc1ccc(Cl)c(S(=O)(=O)N2CCC(N3CCNCC3)C2)c1Cl. The van der Waals surface area contributed by atoms with E-state index in [0.717, 1.165) is 32.6 Å². The van der Waals surface area contributed by atoms with Crippen molar-refractivity contribution in [2.45, 2.75) is 24.3 Å². The van der Waals surface area contributed by atoms with Crippen molar-refractivity contribution < 1.29 is 8.42 Å². The molecule has 1 N–H and O–H groups in total. The highest BCUT2D eigenvalue weighted by molar-refractivity contribution is 7.89. The van der Waals surface area contributed by atoms with Crippen LogP contribution in [0.15, 0.2) is 17.0 Å². The number of aryl methyl sites for hydroxylation is 1. The maximum atomic E-state index is 13.0. The van der Waals surface area contributed by atoms with Gasteiger partial charge in [0.05, 0.1) is 10.0 Å². The number of sulfonamides is 1. The zero-order chi connectivity index (χ0) is 16.6. The summed E-state index contributed by atoms with van der Waals surface area (Å²) < 4.78 is 27.5. The lowest BCUT2D eigenvalue weighted by Crippen LogP contribution is -2.49. The number of benzene rings is 1. The molecule has 0 bridgehead atoms. The summed E-state index contributed by atoms with van der Waals surface area (Å²) in [6.45, 7) is 6.64. The number of nitrogens with zero attached hydrogens (tertiary/aromatic N) is 2. The summed E-state index contributed by atoms with van der Waals surface area (Å²) in [5.74, 6) is 0. The number of piperazine rings is 1. The van der Waals surface area contributed by atoms with E-state index in [1.165, 1.54) is 4.31 Å². The lowest BCUT2D eigenvalue weighted by Gasteiger charge is -2.32. The number of rotatable bonds is 3. The third kappa shape index (κ3) is 3.38. The number of halogens is 2. The second-order valence-corrected chi connectivity index (χ2v) is 8.76. The van der Waals surface area contributed by atoms with Crippen molar-refractivity contribution in [3.8, 4) is 0 Å². The fourth-order valence-corrected chi connectivity index (χ4v) is 5.90. The lowest BCUT2D eigenvalue weighted by molar-refractivity contribution is 0.179. The number of hydrogen-bond acceptors (Lipinski definition) is 4. The fraction of sp³-hybridized carbons (Fsp3) is 0.600. The monoisotopic (exact) mass is 377 g/mol. The predicted octanol–water partition coefficient (Wildman–Crippen LogP) is 1.97. The average Bonchev–Trinajstić information content (AvgIpc) is 3.03. The molecule has 5 nitrogen and oxygen atoms in total. The van der Waals surface area contributed by atoms with Crippen molar-refractivity contribution in [2.24, 2.45) is 0 Å². The molecule has 8 heteroatoms. The first-order valence-electron chi connectivity index (χ1n) is 7.81. The molecule has 0 radical (unpaired) electrons. The molecular formula is C15H21Cl2N3O2S. The highest BCUT2D eigenvalue weighted by atomic mass is 35.5. The Morgan fingerprint density at radius 2 is 1.87 bits per heavy atom. The van der Waals surface area contributed by atoms with Gasteiger partial charge in [0.15, 0.2) is 0 Å². The standard InChI is InChI=1S/C15H21Cl2N3O2S/c1-11-2-3-13(16)15(14(11)17)23(21,22)20-7-4-12(10-20)19-8-5-18-6-9-19/h2-3,12,18H,4-10H2,1H3. The molecule has 1 unspecified atom stereocenters. The van der Waals surface area contributed by atoms with E-state index in [9.17, 15) is 8.42 Å². The van der Waals surface area contributed by atoms with Crippen LogP contribution in [0.5, 0.6) is 0 Å². The summed E-state index contributed by atoms with van der Waals surface area (Å²) in [6.07, 6.45) is 0.848. The molecule has 1 aromatic rings. The van der Waals surface area contributed by atoms with Crippen molar-refractivity contribution in [3.05, 3.63) is 27.7 Å². The van der Waals surface area contributed by atoms with Crippen molar-refractivity contribution >= 4 is 33.2 Å². The van der Waals surface area contributed by atoms with Crippen LogP contribution in [-0.2, 0) is 10.0 Å². The van der Waals surface area contributed by atoms with E-state index < -0.39 is 10.0 Å². The fourth-order valence-electron chi connectivity index (χ4n) is 3.27. The van der Waals surface area contributed by atoms with E-state index in [2.05, 4.69) is 10.2 Å². The van der Waals surface area contributed by atoms with Crippen LogP contribution in [0.4, 0.5) is 0 Å². The Hall–Kier alpha value is -0.370. The second kappa shape index (κ2) is 6.86. The molecule has 2 heterocycles. The van der Waals surface area contributed by atoms with Crippen molar-refractivity contribution in [3.63, 3.8) is 0 Å². The minimum atomic E-state index is -3.67. The van der Waals surface area contributed by atoms with Gasteiger partial charge in [0.2, 0.25) is 10.0 Å². The first-order valence-corrected chi connectivity index (χ1v) is 10.0. The molecule has 2 saturated heterocycles. The number of nitrogens with one attached hydrogen (secondary N) is 1. The zero-order valence-corrected chi connectivity index (χ0v) is 15.4. The van der Waals surface area contributed by atoms with Gasteiger partial charge in [-0.3, -0.25) is 4.90 Å². The number of hydrogen-bond donors (Lipinski definition) is 1. The summed E-state index contributed by atoms with van der Waals surface area (Å²) in [4.78, 5) is 2.41. The molecule has 128 valence electrons. The second-order valence-electron chi connectivity index (χ2n) is 6.10. The predicted molar refractivity (Wildman–Crippen MR) is 92.8 cm³/mol. The van der Waals surface area contributed by atoms with Gasteiger partial charge in [-0.15, -0.1) is 0 Å². The van der Waals surface area contributed by atoms with Crippen molar-refractivity contribution in [2.75, 3.05) is 39.3 Å². The van der Waals surface area contributed by atoms with Crippen molar-refractivity contribution in [1.29, 1.82) is 0 Å². The molecule has 1 atom stereocenters. The maximum absolute atomic E-state index is 13.0. The van der Waals surface area contributed by atoms with Crippen LogP contribution in [0, 0.1) is 6.92 Å². The van der Waals surface area contributed by atoms with Crippen LogP contribution < -0.4 is 5.32 Å². The summed E-state index contributed by atoms with van der Waals surface area (Å²) in [5.41, 5.74) is 0.715. The quantitative estimate of drug-likeness (QED) is 0.874. The molecule has 2 aliphatic heterocycles. The average molecular weight is 378 g/mol.